The van der Waals surface area contributed by atoms with E-state index in [-0.39, 0.29) is 0 Å². The molecule has 15 heavy (non-hydrogen) atoms. The number of aliphatic hydroxyl groups is 1. The van der Waals surface area contributed by atoms with Gasteiger partial charge in [0, 0.05) is 30.3 Å². The van der Waals surface area contributed by atoms with Gasteiger partial charge in [0.15, 0.2) is 0 Å². The number of aliphatic imine (C=N–C) groups is 2. The molecule has 0 aromatic carbocycles. The molecule has 3 aliphatic rings. The van der Waals surface area contributed by atoms with E-state index in [2.05, 4.69) is 9.98 Å². The van der Waals surface area contributed by atoms with E-state index in [9.17, 15) is 5.11 Å². The van der Waals surface area contributed by atoms with Crippen LogP contribution in [0.25, 0.3) is 0 Å². The topological polar surface area (TPSA) is 45.0 Å². The van der Waals surface area contributed by atoms with E-state index < -0.39 is 0 Å². The smallest absolute Gasteiger partial charge is 0.114 e. The summed E-state index contributed by atoms with van der Waals surface area (Å²) < 4.78 is 0. The molecule has 3 nitrogen and oxygen atoms in total. The molecule has 0 amide bonds. The van der Waals surface area contributed by atoms with Gasteiger partial charge in [-0.3, -0.25) is 9.98 Å². The van der Waals surface area contributed by atoms with E-state index in [4.69, 9.17) is 0 Å². The lowest BCUT2D eigenvalue weighted by Crippen LogP contribution is -2.16. The van der Waals surface area contributed by atoms with Gasteiger partial charge in [-0.1, -0.05) is 0 Å². The van der Waals surface area contributed by atoms with Crippen LogP contribution in [-0.4, -0.2) is 23.1 Å². The Balaban J connectivity index is 2.17. The number of hydrogen-bond donors (Lipinski definition) is 1. The minimum Gasteiger partial charge on any atom is -0.508 e. The fraction of sp³-hybridized carbons (Fsp3) is 0.333. The molecule has 2 heterocycles. The maximum atomic E-state index is 9.42. The Labute approximate surface area is 88.3 Å². The average molecular weight is 200 g/mol. The van der Waals surface area contributed by atoms with Crippen LogP contribution >= 0.6 is 0 Å². The highest BCUT2D eigenvalue weighted by Crippen LogP contribution is 2.35. The van der Waals surface area contributed by atoms with Crippen molar-refractivity contribution in [2.75, 3.05) is 6.54 Å². The zero-order chi connectivity index (χ0) is 10.4. The molecule has 0 saturated heterocycles. The first-order valence-corrected chi connectivity index (χ1v) is 5.19. The maximum Gasteiger partial charge on any atom is 0.114 e. The van der Waals surface area contributed by atoms with Crippen molar-refractivity contribution in [1.29, 1.82) is 0 Å². The fourth-order valence-electron chi connectivity index (χ4n) is 2.32. The largest absolute Gasteiger partial charge is 0.508 e. The number of allylic oxidation sites excluding steroid dienone is 4. The first kappa shape index (κ1) is 8.65. The van der Waals surface area contributed by atoms with Crippen LogP contribution in [0.3, 0.4) is 0 Å². The molecule has 76 valence electrons. The number of hydrogen-bond acceptors (Lipinski definition) is 3. The third-order valence-electron chi connectivity index (χ3n) is 3.01. The zero-order valence-electron chi connectivity index (χ0n) is 8.62. The summed E-state index contributed by atoms with van der Waals surface area (Å²) in [6.45, 7) is 2.88. The predicted molar refractivity (Wildman–Crippen MR) is 60.5 cm³/mol. The Hall–Kier alpha value is -1.64. The standard InChI is InChI=1S/C12H12N2O/c1-7-12-9-3-2-8(15)6-11(9)14-10(12)4-5-13-7/h2,6,15H,3-5H2,1H3. The summed E-state index contributed by atoms with van der Waals surface area (Å²) in [5.74, 6) is 0.326. The number of rotatable bonds is 0. The van der Waals surface area contributed by atoms with Gasteiger partial charge in [0.25, 0.3) is 0 Å². The van der Waals surface area contributed by atoms with Crippen LogP contribution in [0.5, 0.6) is 0 Å². The van der Waals surface area contributed by atoms with E-state index in [0.29, 0.717) is 5.76 Å². The Bertz CT molecular complexity index is 490. The van der Waals surface area contributed by atoms with Crippen molar-refractivity contribution in [3.05, 3.63) is 34.8 Å². The first-order valence-electron chi connectivity index (χ1n) is 5.19. The van der Waals surface area contributed by atoms with Crippen molar-refractivity contribution in [1.82, 2.24) is 0 Å². The van der Waals surface area contributed by atoms with Crippen molar-refractivity contribution in [2.24, 2.45) is 9.98 Å². The molecule has 0 saturated carbocycles. The van der Waals surface area contributed by atoms with Crippen molar-refractivity contribution in [2.45, 2.75) is 19.8 Å². The second-order valence-corrected chi connectivity index (χ2v) is 3.99. The van der Waals surface area contributed by atoms with Gasteiger partial charge >= 0.3 is 0 Å². The van der Waals surface area contributed by atoms with Gasteiger partial charge < -0.3 is 5.11 Å². The molecule has 1 N–H and O–H groups in total. The van der Waals surface area contributed by atoms with Crippen LogP contribution in [0.2, 0.25) is 0 Å². The third kappa shape index (κ3) is 1.19. The Morgan fingerprint density at radius 1 is 1.40 bits per heavy atom. The van der Waals surface area contributed by atoms with Crippen LogP contribution in [0, 0.1) is 0 Å². The van der Waals surface area contributed by atoms with E-state index in [1.54, 1.807) is 6.08 Å². The van der Waals surface area contributed by atoms with Gasteiger partial charge in [-0.2, -0.15) is 0 Å². The van der Waals surface area contributed by atoms with Crippen molar-refractivity contribution < 1.29 is 5.11 Å². The molecule has 2 aliphatic heterocycles. The van der Waals surface area contributed by atoms with Gasteiger partial charge in [-0.05, 0) is 25.0 Å². The Morgan fingerprint density at radius 2 is 2.27 bits per heavy atom. The molecule has 0 bridgehead atoms. The molecule has 0 aromatic heterocycles. The van der Waals surface area contributed by atoms with E-state index in [1.807, 2.05) is 13.0 Å². The number of fused-ring (bicyclic) bond motifs is 2. The van der Waals surface area contributed by atoms with Gasteiger partial charge in [-0.25, -0.2) is 0 Å². The van der Waals surface area contributed by atoms with Crippen molar-refractivity contribution in [3.8, 4) is 0 Å². The number of aliphatic hydroxyl groups excluding tert-OH is 1. The lowest BCUT2D eigenvalue weighted by atomic mass is 9.93. The first-order chi connectivity index (χ1) is 7.25. The zero-order valence-corrected chi connectivity index (χ0v) is 8.62. The lowest BCUT2D eigenvalue weighted by Gasteiger charge is -2.14. The van der Waals surface area contributed by atoms with Crippen LogP contribution in [0.4, 0.5) is 0 Å². The normalized spacial score (nSPS) is 23.8. The Morgan fingerprint density at radius 3 is 3.13 bits per heavy atom. The molecule has 1 aliphatic carbocycles. The molecular formula is C12H12N2O. The summed E-state index contributed by atoms with van der Waals surface area (Å²) in [5, 5.41) is 9.42. The van der Waals surface area contributed by atoms with Crippen molar-refractivity contribution in [3.63, 3.8) is 0 Å². The summed E-state index contributed by atoms with van der Waals surface area (Å²) in [6.07, 6.45) is 5.26. The monoisotopic (exact) mass is 200 g/mol. The molecular weight excluding hydrogens is 188 g/mol. The minimum absolute atomic E-state index is 0.326. The average Bonchev–Trinajstić information content (AvgIpc) is 2.56. The van der Waals surface area contributed by atoms with Gasteiger partial charge in [-0.15, -0.1) is 0 Å². The van der Waals surface area contributed by atoms with Gasteiger partial charge in [0.05, 0.1) is 11.4 Å². The van der Waals surface area contributed by atoms with E-state index in [1.165, 1.54) is 11.1 Å². The van der Waals surface area contributed by atoms with Gasteiger partial charge in [0.2, 0.25) is 0 Å². The molecule has 0 unspecified atom stereocenters. The summed E-state index contributed by atoms with van der Waals surface area (Å²) >= 11 is 0. The predicted octanol–water partition coefficient (Wildman–Crippen LogP) is 2.33. The summed E-state index contributed by atoms with van der Waals surface area (Å²) in [7, 11) is 0. The lowest BCUT2D eigenvalue weighted by molar-refractivity contribution is 0.428. The highest BCUT2D eigenvalue weighted by atomic mass is 16.3. The number of nitrogens with zero attached hydrogens (tertiary/aromatic N) is 2. The second-order valence-electron chi connectivity index (χ2n) is 3.99. The SMILES string of the molecule is CC1=NCCC2=NC3=CC(O)=CCC3=C12. The maximum absolute atomic E-state index is 9.42. The molecule has 0 aromatic rings. The van der Waals surface area contributed by atoms with Crippen LogP contribution < -0.4 is 0 Å². The molecule has 3 rings (SSSR count). The van der Waals surface area contributed by atoms with E-state index in [0.717, 1.165) is 36.5 Å². The Kier molecular flexibility index (Phi) is 1.69. The van der Waals surface area contributed by atoms with Crippen LogP contribution in [0.1, 0.15) is 19.8 Å². The fourth-order valence-corrected chi connectivity index (χ4v) is 2.32. The highest BCUT2D eigenvalue weighted by Gasteiger charge is 2.28. The van der Waals surface area contributed by atoms with Gasteiger partial charge in [0.1, 0.15) is 5.76 Å². The highest BCUT2D eigenvalue weighted by molar-refractivity contribution is 6.27. The van der Waals surface area contributed by atoms with E-state index >= 15 is 0 Å². The molecule has 0 radical (unpaired) electrons. The second kappa shape index (κ2) is 2.92. The van der Waals surface area contributed by atoms with Crippen LogP contribution in [0.15, 0.2) is 44.7 Å². The minimum atomic E-state index is 0.326. The molecule has 3 heteroatoms. The summed E-state index contributed by atoms with van der Waals surface area (Å²) in [6, 6.07) is 0. The molecule has 0 atom stereocenters. The van der Waals surface area contributed by atoms with Crippen molar-refractivity contribution >= 4 is 11.4 Å². The quantitative estimate of drug-likeness (QED) is 0.640. The molecule has 0 fully saturated rings. The van der Waals surface area contributed by atoms with Crippen LogP contribution in [-0.2, 0) is 0 Å². The summed E-state index contributed by atoms with van der Waals surface area (Å²) in [5.41, 5.74) is 5.61. The third-order valence-corrected chi connectivity index (χ3v) is 3.01. The molecule has 0 spiro atoms. The summed E-state index contributed by atoms with van der Waals surface area (Å²) in [4.78, 5) is 9.01.